The Labute approximate surface area is 421 Å². The molecule has 0 aromatic heterocycles. The molecular weight excluding hydrogens is 945 g/mol. The third-order valence-corrected chi connectivity index (χ3v) is 19.8. The van der Waals surface area contributed by atoms with E-state index in [4.69, 9.17) is 33.2 Å². The van der Waals surface area contributed by atoms with Gasteiger partial charge in [0.1, 0.15) is 42.7 Å². The van der Waals surface area contributed by atoms with Gasteiger partial charge >= 0.3 is 23.9 Å². The van der Waals surface area contributed by atoms with Gasteiger partial charge in [-0.25, -0.2) is 9.59 Å². The highest BCUT2D eigenvalue weighted by Crippen LogP contribution is 2.76. The number of aliphatic hydroxyl groups is 8. The molecule has 0 unspecified atom stereocenters. The molecule has 0 bridgehead atoms. The van der Waals surface area contributed by atoms with Crippen LogP contribution in [-0.2, 0) is 52.3 Å². The van der Waals surface area contributed by atoms with Crippen LogP contribution in [0.3, 0.4) is 0 Å². The molecule has 408 valence electrons. The second kappa shape index (κ2) is 20.1. The Balaban J connectivity index is 1.25. The standard InChI is InChI=1S/C52H80O20/c1-12-23(3)42(63)71-39-40(72-43(64)24(4)13-2)52(22-53)26(20-47(39,5)6)25-14-15-28-48(7)18-17-30(50(9,46(65)66-11)29(48)16-19-49(28,8)51(25,10)37(59)38(52)60)68-45-34(58)35(33(57)36(70-45)41(61)62)69-44-32(56)31(55)27(54)21-67-44/h12,14,24,26-40,44-45,53-60H,13,15-22H2,1-11H3,(H,61,62)/b23-12-/t24-,26-,27+,28+,29+,30+,31+,32-,33+,34-,35+,36+,37+,38-,39+,40+,44+,45-,48-,49-,50+,51+,52+/m1/s1. The molecule has 7 rings (SSSR count). The van der Waals surface area contributed by atoms with Crippen LogP contribution in [0.1, 0.15) is 114 Å². The molecule has 20 heteroatoms. The van der Waals surface area contributed by atoms with Gasteiger partial charge in [0, 0.05) is 16.4 Å². The second-order valence-electron chi connectivity index (χ2n) is 23.6. The molecule has 2 aliphatic heterocycles. The number of aliphatic hydroxyl groups excluding tert-OH is 8. The zero-order valence-corrected chi connectivity index (χ0v) is 43.4. The lowest BCUT2D eigenvalue weighted by Crippen LogP contribution is -2.76. The van der Waals surface area contributed by atoms with Gasteiger partial charge in [-0.2, -0.15) is 0 Å². The van der Waals surface area contributed by atoms with E-state index in [0.29, 0.717) is 37.7 Å². The highest BCUT2D eigenvalue weighted by molar-refractivity contribution is 5.88. The number of carbonyl (C=O) groups excluding carboxylic acids is 3. The first-order valence-corrected chi connectivity index (χ1v) is 25.6. The van der Waals surface area contributed by atoms with Crippen LogP contribution in [0.25, 0.3) is 0 Å². The van der Waals surface area contributed by atoms with Crippen molar-refractivity contribution in [3.8, 4) is 0 Å². The van der Waals surface area contributed by atoms with Crippen molar-refractivity contribution in [3.05, 3.63) is 23.3 Å². The first kappa shape index (κ1) is 56.6. The van der Waals surface area contributed by atoms with Crippen molar-refractivity contribution in [2.45, 2.75) is 200 Å². The summed E-state index contributed by atoms with van der Waals surface area (Å²) in [6, 6.07) is 0. The second-order valence-corrected chi connectivity index (χ2v) is 23.6. The molecule has 0 spiro atoms. The van der Waals surface area contributed by atoms with Crippen molar-refractivity contribution in [2.75, 3.05) is 20.3 Å². The number of carboxylic acids is 1. The number of carboxylic acid groups (broad SMARTS) is 1. The van der Waals surface area contributed by atoms with Gasteiger partial charge in [0.25, 0.3) is 0 Å². The molecule has 20 nitrogen and oxygen atoms in total. The number of fused-ring (bicyclic) bond motifs is 7. The fraction of sp³-hybridized carbons (Fsp3) is 0.846. The van der Waals surface area contributed by atoms with E-state index in [1.165, 1.54) is 7.11 Å². The van der Waals surface area contributed by atoms with E-state index in [0.717, 1.165) is 5.57 Å². The summed E-state index contributed by atoms with van der Waals surface area (Å²) in [6.45, 7) is 17.3. The number of hydrogen-bond donors (Lipinski definition) is 9. The highest BCUT2D eigenvalue weighted by atomic mass is 16.7. The number of rotatable bonds is 12. The van der Waals surface area contributed by atoms with Crippen molar-refractivity contribution < 1.29 is 98.3 Å². The van der Waals surface area contributed by atoms with Crippen molar-refractivity contribution in [3.63, 3.8) is 0 Å². The number of aliphatic carboxylic acids is 1. The van der Waals surface area contributed by atoms with Crippen molar-refractivity contribution in [1.82, 2.24) is 0 Å². The normalized spacial score (nSPS) is 48.3. The van der Waals surface area contributed by atoms with Crippen LogP contribution in [0.2, 0.25) is 0 Å². The summed E-state index contributed by atoms with van der Waals surface area (Å²) in [5.41, 5.74) is -5.64. The maximum Gasteiger partial charge on any atom is 0.335 e. The van der Waals surface area contributed by atoms with Crippen molar-refractivity contribution in [1.29, 1.82) is 0 Å². The van der Waals surface area contributed by atoms with E-state index in [9.17, 15) is 65.1 Å². The maximum absolute atomic E-state index is 14.5. The molecule has 2 saturated heterocycles. The summed E-state index contributed by atoms with van der Waals surface area (Å²) in [5, 5.41) is 101. The first-order valence-electron chi connectivity index (χ1n) is 25.6. The molecule has 6 fully saturated rings. The Bertz CT molecular complexity index is 2130. The van der Waals surface area contributed by atoms with E-state index >= 15 is 0 Å². The Morgan fingerprint density at radius 1 is 0.847 bits per heavy atom. The quantitative estimate of drug-likeness (QED) is 0.0441. The molecule has 5 aliphatic carbocycles. The third kappa shape index (κ3) is 8.40. The highest BCUT2D eigenvalue weighted by Gasteiger charge is 2.77. The Morgan fingerprint density at radius 3 is 2.11 bits per heavy atom. The predicted octanol–water partition coefficient (Wildman–Crippen LogP) is 1.67. The Morgan fingerprint density at radius 2 is 1.51 bits per heavy atom. The van der Waals surface area contributed by atoms with Crippen LogP contribution in [-0.4, -0.2) is 176 Å². The minimum atomic E-state index is -2.03. The summed E-state index contributed by atoms with van der Waals surface area (Å²) >= 11 is 0. The average molecular weight is 1030 g/mol. The van der Waals surface area contributed by atoms with E-state index in [-0.39, 0.29) is 18.8 Å². The molecule has 9 N–H and O–H groups in total. The maximum atomic E-state index is 14.5. The molecule has 7 aliphatic rings. The minimum absolute atomic E-state index is 0.150. The SMILES string of the molecule is C/C=C(/C)C(=O)O[C@H]1[C@H](OC(=O)[C@H](C)CC)[C@@]2(CO)[C@H](CC1(C)C)C1=CC[C@H]3[C@@]4(C)CC[C@H](O[C@@H]5O[C@H](C(=O)O)[C@@H](O)[C@H](O[C@@H]6OC[C@H](O)[C@H](O)[C@H]6O)[C@H]5O)[C@@](C)(C(=O)OC)[C@H]4CC[C@@]3(C)[C@]1(C)[C@@H](O)[C@H]2O. The van der Waals surface area contributed by atoms with E-state index < -0.39 is 173 Å². The number of ether oxygens (including phenoxy) is 7. The van der Waals surface area contributed by atoms with E-state index in [1.54, 1.807) is 33.8 Å². The van der Waals surface area contributed by atoms with Crippen molar-refractivity contribution >= 4 is 23.9 Å². The summed E-state index contributed by atoms with van der Waals surface area (Å²) in [5.74, 6) is -5.53. The van der Waals surface area contributed by atoms with E-state index in [2.05, 4.69) is 19.9 Å². The number of esters is 3. The van der Waals surface area contributed by atoms with E-state index in [1.807, 2.05) is 27.7 Å². The Hall–Kier alpha value is -3.12. The number of hydrogen-bond acceptors (Lipinski definition) is 19. The molecule has 0 aromatic rings. The lowest BCUT2D eigenvalue weighted by Gasteiger charge is -2.73. The number of allylic oxidation sites excluding steroid dienone is 2. The Kier molecular flexibility index (Phi) is 15.8. The van der Waals surface area contributed by atoms with Gasteiger partial charge in [-0.15, -0.1) is 0 Å². The van der Waals surface area contributed by atoms with Crippen LogP contribution < -0.4 is 0 Å². The fourth-order valence-corrected chi connectivity index (χ4v) is 14.9. The summed E-state index contributed by atoms with van der Waals surface area (Å²) < 4.78 is 41.4. The number of methoxy groups -OCH3 is 1. The monoisotopic (exact) mass is 1020 g/mol. The van der Waals surface area contributed by atoms with Gasteiger partial charge < -0.3 is 79.1 Å². The zero-order chi connectivity index (χ0) is 53.6. The summed E-state index contributed by atoms with van der Waals surface area (Å²) in [4.78, 5) is 54.3. The molecule has 4 saturated carbocycles. The van der Waals surface area contributed by atoms with Gasteiger partial charge in [0.15, 0.2) is 24.8 Å². The summed E-state index contributed by atoms with van der Waals surface area (Å²) in [6.07, 6.45) is -17.0. The van der Waals surface area contributed by atoms with Gasteiger partial charge in [-0.05, 0) is 94.3 Å². The average Bonchev–Trinajstić information content (AvgIpc) is 3.33. The minimum Gasteiger partial charge on any atom is -0.479 e. The largest absolute Gasteiger partial charge is 0.479 e. The molecule has 0 amide bonds. The topological polar surface area (TPSA) is 315 Å². The molecule has 23 atom stereocenters. The lowest BCUT2D eigenvalue weighted by atomic mass is 9.32. The van der Waals surface area contributed by atoms with Crippen molar-refractivity contribution in [2.24, 2.45) is 56.2 Å². The van der Waals surface area contributed by atoms with Crippen LogP contribution in [0.5, 0.6) is 0 Å². The number of carbonyl (C=O) groups is 4. The van der Waals surface area contributed by atoms with Crippen LogP contribution in [0.15, 0.2) is 23.3 Å². The van der Waals surface area contributed by atoms with Gasteiger partial charge in [-0.1, -0.05) is 66.2 Å². The third-order valence-electron chi connectivity index (χ3n) is 19.8. The van der Waals surface area contributed by atoms with Gasteiger partial charge in [0.05, 0.1) is 55.4 Å². The van der Waals surface area contributed by atoms with Crippen LogP contribution >= 0.6 is 0 Å². The first-order chi connectivity index (χ1) is 33.5. The lowest BCUT2D eigenvalue weighted by molar-refractivity contribution is -0.357. The molecule has 0 aromatic carbocycles. The van der Waals surface area contributed by atoms with Gasteiger partial charge in [0.2, 0.25) is 0 Å². The van der Waals surface area contributed by atoms with Crippen LogP contribution in [0.4, 0.5) is 0 Å². The smallest absolute Gasteiger partial charge is 0.335 e. The van der Waals surface area contributed by atoms with Crippen LogP contribution in [0, 0.1) is 56.2 Å². The zero-order valence-electron chi connectivity index (χ0n) is 43.4. The molecular formula is C52H80O20. The fourth-order valence-electron chi connectivity index (χ4n) is 14.9. The predicted molar refractivity (Wildman–Crippen MR) is 250 cm³/mol. The molecule has 0 radical (unpaired) electrons. The summed E-state index contributed by atoms with van der Waals surface area (Å²) in [7, 11) is 1.24. The molecule has 72 heavy (non-hydrogen) atoms. The van der Waals surface area contributed by atoms with Gasteiger partial charge in [-0.3, -0.25) is 9.59 Å². The molecule has 2 heterocycles.